The number of hydrogen-bond donors (Lipinski definition) is 2. The monoisotopic (exact) mass is 454 g/mol. The van der Waals surface area contributed by atoms with E-state index in [2.05, 4.69) is 5.32 Å². The fourth-order valence-corrected chi connectivity index (χ4v) is 4.03. The SMILES string of the molecule is COc1cc2c(cc1OC)N(C(=O)O)C(C)CC2CNC(=O)c1cc(F)c(F)cc1Cl. The molecule has 0 bridgehead atoms. The maximum absolute atomic E-state index is 13.5. The number of carbonyl (C=O) groups excluding carboxylic acids is 1. The Labute approximate surface area is 182 Å². The molecule has 2 unspecified atom stereocenters. The van der Waals surface area contributed by atoms with Crippen molar-refractivity contribution in [1.82, 2.24) is 5.32 Å². The van der Waals surface area contributed by atoms with Crippen LogP contribution < -0.4 is 19.7 Å². The lowest BCUT2D eigenvalue weighted by atomic mass is 9.85. The molecule has 0 aliphatic carbocycles. The van der Waals surface area contributed by atoms with Crippen LogP contribution >= 0.6 is 11.6 Å². The molecule has 2 amide bonds. The predicted octanol–water partition coefficient (Wildman–Crippen LogP) is 4.43. The van der Waals surface area contributed by atoms with Crippen molar-refractivity contribution in [2.45, 2.75) is 25.3 Å². The molecule has 3 rings (SSSR count). The van der Waals surface area contributed by atoms with Crippen molar-refractivity contribution >= 4 is 29.3 Å². The number of ether oxygens (including phenoxy) is 2. The van der Waals surface area contributed by atoms with Crippen LogP contribution in [0, 0.1) is 11.6 Å². The van der Waals surface area contributed by atoms with E-state index < -0.39 is 23.6 Å². The molecule has 31 heavy (non-hydrogen) atoms. The molecular weight excluding hydrogens is 434 g/mol. The van der Waals surface area contributed by atoms with Gasteiger partial charge in [-0.1, -0.05) is 11.6 Å². The number of rotatable bonds is 5. The minimum absolute atomic E-state index is 0.119. The number of amides is 2. The summed E-state index contributed by atoms with van der Waals surface area (Å²) in [6.45, 7) is 1.88. The Morgan fingerprint density at radius 3 is 2.39 bits per heavy atom. The molecule has 1 aliphatic rings. The smallest absolute Gasteiger partial charge is 0.412 e. The first-order valence-electron chi connectivity index (χ1n) is 9.38. The maximum Gasteiger partial charge on any atom is 0.412 e. The molecule has 1 heterocycles. The number of carboxylic acid groups (broad SMARTS) is 1. The van der Waals surface area contributed by atoms with Crippen molar-refractivity contribution in [1.29, 1.82) is 0 Å². The van der Waals surface area contributed by atoms with Gasteiger partial charge in [-0.3, -0.25) is 9.69 Å². The zero-order valence-corrected chi connectivity index (χ0v) is 17.8. The molecule has 7 nitrogen and oxygen atoms in total. The Morgan fingerprint density at radius 2 is 1.77 bits per heavy atom. The molecule has 2 aromatic rings. The zero-order valence-electron chi connectivity index (χ0n) is 17.0. The van der Waals surface area contributed by atoms with Crippen LogP contribution in [0.4, 0.5) is 19.3 Å². The van der Waals surface area contributed by atoms with Gasteiger partial charge in [0, 0.05) is 24.6 Å². The number of halogens is 3. The number of benzene rings is 2. The van der Waals surface area contributed by atoms with Gasteiger partial charge in [-0.05, 0) is 37.1 Å². The number of anilines is 1. The third kappa shape index (κ3) is 4.36. The van der Waals surface area contributed by atoms with E-state index in [0.29, 0.717) is 29.2 Å². The zero-order chi connectivity index (χ0) is 22.9. The van der Waals surface area contributed by atoms with Gasteiger partial charge < -0.3 is 19.9 Å². The fourth-order valence-electron chi connectivity index (χ4n) is 3.79. The average molecular weight is 455 g/mol. The van der Waals surface area contributed by atoms with Gasteiger partial charge >= 0.3 is 6.09 Å². The lowest BCUT2D eigenvalue weighted by molar-refractivity contribution is 0.0949. The lowest BCUT2D eigenvalue weighted by Crippen LogP contribution is -2.44. The second kappa shape index (κ2) is 8.97. The number of carbonyl (C=O) groups is 2. The van der Waals surface area contributed by atoms with E-state index in [0.717, 1.165) is 12.1 Å². The molecule has 10 heteroatoms. The summed E-state index contributed by atoms with van der Waals surface area (Å²) in [7, 11) is 2.91. The topological polar surface area (TPSA) is 88.1 Å². The van der Waals surface area contributed by atoms with Crippen LogP contribution in [0.1, 0.15) is 35.2 Å². The normalized spacial score (nSPS) is 17.7. The van der Waals surface area contributed by atoms with Crippen molar-refractivity contribution in [3.05, 3.63) is 52.0 Å². The summed E-state index contributed by atoms with van der Waals surface area (Å²) in [5.74, 6) is -2.47. The molecule has 0 fully saturated rings. The summed E-state index contributed by atoms with van der Waals surface area (Å²) in [6.07, 6.45) is -0.697. The molecule has 0 saturated carbocycles. The second-order valence-electron chi connectivity index (χ2n) is 7.16. The Kier molecular flexibility index (Phi) is 6.54. The van der Waals surface area contributed by atoms with E-state index in [1.54, 1.807) is 19.1 Å². The quantitative estimate of drug-likeness (QED) is 0.653. The molecule has 2 aromatic carbocycles. The highest BCUT2D eigenvalue weighted by Crippen LogP contribution is 2.44. The van der Waals surface area contributed by atoms with Gasteiger partial charge in [-0.15, -0.1) is 0 Å². The highest BCUT2D eigenvalue weighted by atomic mass is 35.5. The Morgan fingerprint density at radius 1 is 1.16 bits per heavy atom. The van der Waals surface area contributed by atoms with Gasteiger partial charge in [0.25, 0.3) is 5.91 Å². The van der Waals surface area contributed by atoms with Crippen molar-refractivity contribution < 1.29 is 33.0 Å². The second-order valence-corrected chi connectivity index (χ2v) is 7.56. The minimum atomic E-state index is -1.18. The van der Waals surface area contributed by atoms with Crippen LogP contribution in [0.15, 0.2) is 24.3 Å². The van der Waals surface area contributed by atoms with Crippen LogP contribution in [0.25, 0.3) is 0 Å². The Bertz CT molecular complexity index is 1030. The van der Waals surface area contributed by atoms with Crippen molar-refractivity contribution in [3.8, 4) is 11.5 Å². The third-order valence-electron chi connectivity index (χ3n) is 5.27. The summed E-state index contributed by atoms with van der Waals surface area (Å²) >= 11 is 5.88. The van der Waals surface area contributed by atoms with Crippen molar-refractivity contribution in [2.75, 3.05) is 25.7 Å². The molecule has 2 atom stereocenters. The van der Waals surface area contributed by atoms with Gasteiger partial charge in [0.15, 0.2) is 23.1 Å². The number of fused-ring (bicyclic) bond motifs is 1. The number of nitrogens with zero attached hydrogens (tertiary/aromatic N) is 1. The Balaban J connectivity index is 1.92. The molecule has 1 aliphatic heterocycles. The molecule has 0 saturated heterocycles. The van der Waals surface area contributed by atoms with Crippen molar-refractivity contribution in [2.24, 2.45) is 0 Å². The third-order valence-corrected chi connectivity index (χ3v) is 5.58. The number of methoxy groups -OCH3 is 2. The summed E-state index contributed by atoms with van der Waals surface area (Å²) in [4.78, 5) is 25.6. The van der Waals surface area contributed by atoms with E-state index in [-0.39, 0.29) is 29.1 Å². The summed E-state index contributed by atoms with van der Waals surface area (Å²) < 4.78 is 37.4. The van der Waals surface area contributed by atoms with E-state index in [1.807, 2.05) is 0 Å². The maximum atomic E-state index is 13.5. The van der Waals surface area contributed by atoms with E-state index in [1.165, 1.54) is 19.1 Å². The Hall–Kier alpha value is -3.07. The van der Waals surface area contributed by atoms with Gasteiger partial charge in [-0.25, -0.2) is 13.6 Å². The summed E-state index contributed by atoms with van der Waals surface area (Å²) in [5.41, 5.74) is 0.882. The lowest BCUT2D eigenvalue weighted by Gasteiger charge is -2.38. The van der Waals surface area contributed by atoms with E-state index in [4.69, 9.17) is 21.1 Å². The van der Waals surface area contributed by atoms with Crippen LogP contribution in [0.3, 0.4) is 0 Å². The van der Waals surface area contributed by atoms with Crippen LogP contribution in [-0.2, 0) is 0 Å². The number of hydrogen-bond acceptors (Lipinski definition) is 4. The van der Waals surface area contributed by atoms with Gasteiger partial charge in [0.2, 0.25) is 0 Å². The first-order chi connectivity index (χ1) is 14.7. The standard InChI is InChI=1S/C21H21ClF2N2O5/c1-10-4-11(9-25-20(27)13-5-15(23)16(24)7-14(13)22)12-6-18(30-2)19(31-3)8-17(12)26(10)21(28)29/h5-8,10-11H,4,9H2,1-3H3,(H,25,27)(H,28,29). The molecule has 0 spiro atoms. The van der Waals surface area contributed by atoms with Gasteiger partial charge in [0.05, 0.1) is 30.5 Å². The molecule has 0 radical (unpaired) electrons. The summed E-state index contributed by atoms with van der Waals surface area (Å²) in [5, 5.41) is 12.1. The van der Waals surface area contributed by atoms with Crippen LogP contribution in [0.5, 0.6) is 11.5 Å². The van der Waals surface area contributed by atoms with Gasteiger partial charge in [0.1, 0.15) is 0 Å². The molecule has 0 aromatic heterocycles. The highest BCUT2D eigenvalue weighted by Gasteiger charge is 2.35. The van der Waals surface area contributed by atoms with E-state index >= 15 is 0 Å². The number of nitrogens with one attached hydrogen (secondary N) is 1. The fraction of sp³-hybridized carbons (Fsp3) is 0.333. The van der Waals surface area contributed by atoms with Crippen LogP contribution in [0.2, 0.25) is 5.02 Å². The van der Waals surface area contributed by atoms with E-state index in [9.17, 15) is 23.5 Å². The minimum Gasteiger partial charge on any atom is -0.493 e. The van der Waals surface area contributed by atoms with Gasteiger partial charge in [-0.2, -0.15) is 0 Å². The molecule has 166 valence electrons. The molecule has 2 N–H and O–H groups in total. The predicted molar refractivity (Wildman–Crippen MR) is 111 cm³/mol. The summed E-state index contributed by atoms with van der Waals surface area (Å²) in [6, 6.07) is 4.36. The van der Waals surface area contributed by atoms with Crippen molar-refractivity contribution in [3.63, 3.8) is 0 Å². The highest BCUT2D eigenvalue weighted by molar-refractivity contribution is 6.33. The first-order valence-corrected chi connectivity index (χ1v) is 9.76. The average Bonchev–Trinajstić information content (AvgIpc) is 2.72. The molecular formula is C21H21ClF2N2O5. The largest absolute Gasteiger partial charge is 0.493 e. The first kappa shape index (κ1) is 22.6. The van der Waals surface area contributed by atoms with Crippen LogP contribution in [-0.4, -0.2) is 43.9 Å².